The Bertz CT molecular complexity index is 675. The molecule has 2 aromatic carbocycles. The van der Waals surface area contributed by atoms with E-state index in [0.717, 1.165) is 5.56 Å². The van der Waals surface area contributed by atoms with Crippen LogP contribution in [0.2, 0.25) is 5.02 Å². The fraction of sp³-hybridized carbons (Fsp3) is 0.235. The zero-order chi connectivity index (χ0) is 16.7. The van der Waals surface area contributed by atoms with Crippen molar-refractivity contribution >= 4 is 17.5 Å². The van der Waals surface area contributed by atoms with E-state index in [2.05, 4.69) is 5.32 Å². The number of carbonyl (C=O) groups is 1. The third-order valence-electron chi connectivity index (χ3n) is 3.17. The first kappa shape index (κ1) is 17.0. The molecule has 0 aliphatic heterocycles. The highest BCUT2D eigenvalue weighted by Gasteiger charge is 2.08. The number of ether oxygens (including phenoxy) is 3. The summed E-state index contributed by atoms with van der Waals surface area (Å²) in [6.45, 7) is 0.222. The molecule has 0 fully saturated rings. The lowest BCUT2D eigenvalue weighted by Gasteiger charge is -2.12. The molecule has 0 saturated heterocycles. The molecule has 122 valence electrons. The molecule has 2 rings (SSSR count). The second-order valence-corrected chi connectivity index (χ2v) is 5.08. The number of benzene rings is 2. The van der Waals surface area contributed by atoms with E-state index in [4.69, 9.17) is 25.8 Å². The summed E-state index contributed by atoms with van der Waals surface area (Å²) in [5.74, 6) is 1.57. The van der Waals surface area contributed by atoms with Crippen molar-refractivity contribution in [3.05, 3.63) is 53.1 Å². The highest BCUT2D eigenvalue weighted by molar-refractivity contribution is 6.32. The summed E-state index contributed by atoms with van der Waals surface area (Å²) >= 11 is 5.96. The van der Waals surface area contributed by atoms with Gasteiger partial charge in [-0.25, -0.2) is 0 Å². The van der Waals surface area contributed by atoms with Crippen LogP contribution in [0.25, 0.3) is 0 Å². The summed E-state index contributed by atoms with van der Waals surface area (Å²) in [6.07, 6.45) is 0. The average Bonchev–Trinajstić information content (AvgIpc) is 2.59. The quantitative estimate of drug-likeness (QED) is 0.845. The first-order valence-corrected chi connectivity index (χ1v) is 7.36. The van der Waals surface area contributed by atoms with Gasteiger partial charge in [-0.2, -0.15) is 0 Å². The van der Waals surface area contributed by atoms with Gasteiger partial charge in [0.2, 0.25) is 0 Å². The lowest BCUT2D eigenvalue weighted by molar-refractivity contribution is -0.123. The minimum absolute atomic E-state index is 0.109. The van der Waals surface area contributed by atoms with Crippen LogP contribution in [-0.2, 0) is 11.3 Å². The average molecular weight is 336 g/mol. The molecule has 0 spiro atoms. The number of rotatable bonds is 7. The second kappa shape index (κ2) is 8.29. The highest BCUT2D eigenvalue weighted by Crippen LogP contribution is 2.24. The van der Waals surface area contributed by atoms with Crippen molar-refractivity contribution < 1.29 is 19.0 Å². The van der Waals surface area contributed by atoms with E-state index >= 15 is 0 Å². The van der Waals surface area contributed by atoms with E-state index < -0.39 is 0 Å². The van der Waals surface area contributed by atoms with Gasteiger partial charge < -0.3 is 19.5 Å². The summed E-state index contributed by atoms with van der Waals surface area (Å²) in [7, 11) is 3.16. The lowest BCUT2D eigenvalue weighted by atomic mass is 10.2. The number of hydrogen-bond donors (Lipinski definition) is 1. The highest BCUT2D eigenvalue weighted by atomic mass is 35.5. The smallest absolute Gasteiger partial charge is 0.258 e. The molecule has 0 bridgehead atoms. The summed E-state index contributed by atoms with van der Waals surface area (Å²) in [6, 6.07) is 12.4. The fourth-order valence-electron chi connectivity index (χ4n) is 1.95. The normalized spacial score (nSPS) is 10.0. The Balaban J connectivity index is 1.88. The summed E-state index contributed by atoms with van der Waals surface area (Å²) in [5.41, 5.74) is 0.847. The zero-order valence-corrected chi connectivity index (χ0v) is 13.7. The third kappa shape index (κ3) is 4.79. The van der Waals surface area contributed by atoms with Crippen LogP contribution in [0.15, 0.2) is 42.5 Å². The monoisotopic (exact) mass is 335 g/mol. The van der Waals surface area contributed by atoms with Crippen molar-refractivity contribution in [3.63, 3.8) is 0 Å². The first-order valence-electron chi connectivity index (χ1n) is 6.99. The van der Waals surface area contributed by atoms with Gasteiger partial charge in [0.1, 0.15) is 17.2 Å². The van der Waals surface area contributed by atoms with Crippen LogP contribution in [0.1, 0.15) is 5.56 Å². The summed E-state index contributed by atoms with van der Waals surface area (Å²) < 4.78 is 15.8. The molecule has 0 heterocycles. The van der Waals surface area contributed by atoms with Gasteiger partial charge in [0, 0.05) is 18.2 Å². The van der Waals surface area contributed by atoms with Gasteiger partial charge in [-0.05, 0) is 24.3 Å². The summed E-state index contributed by atoms with van der Waals surface area (Å²) in [5, 5.41) is 3.24. The molecule has 0 radical (unpaired) electrons. The van der Waals surface area contributed by atoms with Crippen LogP contribution in [0.5, 0.6) is 17.2 Å². The van der Waals surface area contributed by atoms with Crippen LogP contribution in [0, 0.1) is 0 Å². The number of methoxy groups -OCH3 is 2. The molecular weight excluding hydrogens is 318 g/mol. The Morgan fingerprint density at radius 3 is 2.57 bits per heavy atom. The van der Waals surface area contributed by atoms with Crippen molar-refractivity contribution in [2.45, 2.75) is 6.54 Å². The van der Waals surface area contributed by atoms with Crippen LogP contribution < -0.4 is 19.5 Å². The number of carbonyl (C=O) groups excluding carboxylic acids is 1. The molecule has 1 N–H and O–H groups in total. The van der Waals surface area contributed by atoms with Crippen molar-refractivity contribution in [1.82, 2.24) is 5.32 Å². The third-order valence-corrected chi connectivity index (χ3v) is 3.48. The zero-order valence-electron chi connectivity index (χ0n) is 13.0. The van der Waals surface area contributed by atoms with Gasteiger partial charge in [0.25, 0.3) is 5.91 Å². The molecule has 23 heavy (non-hydrogen) atoms. The standard InChI is InChI=1S/C17H18ClNO4/c1-21-13-8-7-12(16(9-13)22-2)10-19-17(20)11-23-15-6-4-3-5-14(15)18/h3-9H,10-11H2,1-2H3,(H,19,20). The number of nitrogens with one attached hydrogen (secondary N) is 1. The van der Waals surface area contributed by atoms with Crippen molar-refractivity contribution in [2.24, 2.45) is 0 Å². The number of amides is 1. The summed E-state index contributed by atoms with van der Waals surface area (Å²) in [4.78, 5) is 11.9. The first-order chi connectivity index (χ1) is 11.1. The van der Waals surface area contributed by atoms with Gasteiger partial charge in [-0.1, -0.05) is 23.7 Å². The molecule has 6 heteroatoms. The molecule has 1 amide bonds. The molecule has 2 aromatic rings. The van der Waals surface area contributed by atoms with Crippen molar-refractivity contribution in [3.8, 4) is 17.2 Å². The van der Waals surface area contributed by atoms with E-state index in [0.29, 0.717) is 28.8 Å². The van der Waals surface area contributed by atoms with E-state index in [1.54, 1.807) is 44.6 Å². The molecule has 0 unspecified atom stereocenters. The minimum atomic E-state index is -0.247. The Hall–Kier alpha value is -2.40. The van der Waals surface area contributed by atoms with E-state index in [1.165, 1.54) is 0 Å². The second-order valence-electron chi connectivity index (χ2n) is 4.67. The van der Waals surface area contributed by atoms with Crippen molar-refractivity contribution in [2.75, 3.05) is 20.8 Å². The van der Waals surface area contributed by atoms with Crippen LogP contribution >= 0.6 is 11.6 Å². The van der Waals surface area contributed by atoms with Crippen LogP contribution in [0.4, 0.5) is 0 Å². The Labute approximate surface area is 140 Å². The van der Waals surface area contributed by atoms with Crippen LogP contribution in [0.3, 0.4) is 0 Å². The fourth-order valence-corrected chi connectivity index (χ4v) is 2.14. The molecule has 0 atom stereocenters. The SMILES string of the molecule is COc1ccc(CNC(=O)COc2ccccc2Cl)c(OC)c1. The number of hydrogen-bond acceptors (Lipinski definition) is 4. The maximum absolute atomic E-state index is 11.9. The predicted octanol–water partition coefficient (Wildman–Crippen LogP) is 3.05. The molecule has 0 aliphatic rings. The molecule has 0 aliphatic carbocycles. The van der Waals surface area contributed by atoms with Gasteiger partial charge >= 0.3 is 0 Å². The van der Waals surface area contributed by atoms with Gasteiger partial charge in [-0.15, -0.1) is 0 Å². The van der Waals surface area contributed by atoms with E-state index in [-0.39, 0.29) is 12.5 Å². The molecule has 0 aromatic heterocycles. The maximum Gasteiger partial charge on any atom is 0.258 e. The lowest BCUT2D eigenvalue weighted by Crippen LogP contribution is -2.28. The predicted molar refractivity (Wildman–Crippen MR) is 88.3 cm³/mol. The van der Waals surface area contributed by atoms with Gasteiger partial charge in [-0.3, -0.25) is 4.79 Å². The van der Waals surface area contributed by atoms with Gasteiger partial charge in [0.05, 0.1) is 19.2 Å². The van der Waals surface area contributed by atoms with Gasteiger partial charge in [0.15, 0.2) is 6.61 Å². The Morgan fingerprint density at radius 2 is 1.87 bits per heavy atom. The van der Waals surface area contributed by atoms with E-state index in [9.17, 15) is 4.79 Å². The minimum Gasteiger partial charge on any atom is -0.497 e. The maximum atomic E-state index is 11.9. The van der Waals surface area contributed by atoms with E-state index in [1.807, 2.05) is 12.1 Å². The number of halogens is 1. The Morgan fingerprint density at radius 1 is 1.09 bits per heavy atom. The molecular formula is C17H18ClNO4. The number of para-hydroxylation sites is 1. The molecule has 5 nitrogen and oxygen atoms in total. The molecule has 0 saturated carbocycles. The largest absolute Gasteiger partial charge is 0.497 e. The van der Waals surface area contributed by atoms with Crippen molar-refractivity contribution in [1.29, 1.82) is 0 Å². The van der Waals surface area contributed by atoms with Crippen LogP contribution in [-0.4, -0.2) is 26.7 Å². The Kier molecular flexibility index (Phi) is 6.11. The topological polar surface area (TPSA) is 56.8 Å².